The van der Waals surface area contributed by atoms with Gasteiger partial charge in [-0.3, -0.25) is 5.73 Å². The van der Waals surface area contributed by atoms with Crippen molar-refractivity contribution in [1.82, 2.24) is 4.98 Å². The Bertz CT molecular complexity index is 569. The third kappa shape index (κ3) is 1.32. The van der Waals surface area contributed by atoms with Gasteiger partial charge in [0.25, 0.3) is 0 Å². The van der Waals surface area contributed by atoms with Crippen LogP contribution in [0.25, 0.3) is 10.2 Å². The Morgan fingerprint density at radius 2 is 2.43 bits per heavy atom. The van der Waals surface area contributed by atoms with E-state index in [2.05, 4.69) is 4.98 Å². The van der Waals surface area contributed by atoms with Crippen LogP contribution in [0, 0.1) is 10.9 Å². The normalized spacial score (nSPS) is 10.6. The van der Waals surface area contributed by atoms with Crippen LogP contribution in [-0.4, -0.2) is 11.0 Å². The molecule has 0 aliphatic heterocycles. The molecule has 0 fully saturated rings. The number of nitrogens with two attached hydrogens (primary N) is 1. The summed E-state index contributed by atoms with van der Waals surface area (Å²) >= 11 is 6.50. The molecule has 4 nitrogen and oxygen atoms in total. The van der Waals surface area contributed by atoms with Crippen LogP contribution >= 0.6 is 23.6 Å². The summed E-state index contributed by atoms with van der Waals surface area (Å²) in [5, 5.41) is 0. The number of aromatic amines is 1. The summed E-state index contributed by atoms with van der Waals surface area (Å²) in [6, 6.07) is 1.33. The highest BCUT2D eigenvalue weighted by Crippen LogP contribution is 2.19. The Labute approximate surface area is 89.0 Å². The Morgan fingerprint density at radius 3 is 3.07 bits per heavy atom. The number of fused-ring (bicyclic) bond motifs is 1. The summed E-state index contributed by atoms with van der Waals surface area (Å²) in [6.07, 6.45) is 1.65. The van der Waals surface area contributed by atoms with Gasteiger partial charge >= 0.3 is 6.03 Å². The lowest BCUT2D eigenvalue weighted by Gasteiger charge is -1.97. The number of hydrogen-bond acceptors (Lipinski definition) is 3. The number of aromatic nitrogens is 2. The first kappa shape index (κ1) is 9.29. The molecular weight excluding hydrogens is 218 g/mol. The largest absolute Gasteiger partial charge is 0.493 e. The fourth-order valence-electron chi connectivity index (χ4n) is 1.34. The molecule has 14 heavy (non-hydrogen) atoms. The summed E-state index contributed by atoms with van der Waals surface area (Å²) in [4.78, 5) is 14.0. The zero-order valence-corrected chi connectivity index (χ0v) is 9.04. The van der Waals surface area contributed by atoms with Gasteiger partial charge in [0.2, 0.25) is 0 Å². The van der Waals surface area contributed by atoms with E-state index in [1.807, 2.05) is 13.0 Å². The third-order valence-electron chi connectivity index (χ3n) is 2.01. The maximum atomic E-state index is 11.0. The second kappa shape index (κ2) is 3.14. The van der Waals surface area contributed by atoms with Crippen LogP contribution < -0.4 is 10.3 Å². The van der Waals surface area contributed by atoms with E-state index in [1.54, 1.807) is 6.20 Å². The molecule has 0 aliphatic rings. The molecule has 3 N–H and O–H groups in total. The summed E-state index contributed by atoms with van der Waals surface area (Å²) in [5.74, 6) is 0. The molecule has 2 aromatic heterocycles. The fourth-order valence-corrected chi connectivity index (χ4v) is 2.49. The van der Waals surface area contributed by atoms with Crippen molar-refractivity contribution in [3.05, 3.63) is 21.9 Å². The molecule has 0 aliphatic carbocycles. The minimum absolute atomic E-state index is 0.491. The number of carbonyl (C=O) groups excluding carboxylic acids is 1. The SMILES string of the molecule is Cc1c2[nH]c(=S)sc2cc[n+]1C(N)=O. The van der Waals surface area contributed by atoms with Gasteiger partial charge in [-0.2, -0.15) is 9.36 Å². The van der Waals surface area contributed by atoms with Crippen molar-refractivity contribution in [1.29, 1.82) is 0 Å². The molecule has 0 unspecified atom stereocenters. The van der Waals surface area contributed by atoms with Crippen LogP contribution in [0.3, 0.4) is 0 Å². The van der Waals surface area contributed by atoms with Gasteiger partial charge in [0.05, 0.1) is 4.70 Å². The van der Waals surface area contributed by atoms with Crippen molar-refractivity contribution in [3.63, 3.8) is 0 Å². The van der Waals surface area contributed by atoms with Crippen molar-refractivity contribution in [2.75, 3.05) is 0 Å². The van der Waals surface area contributed by atoms with Crippen LogP contribution in [0.2, 0.25) is 0 Å². The molecule has 2 rings (SSSR count). The summed E-state index contributed by atoms with van der Waals surface area (Å²) in [6.45, 7) is 1.82. The number of amides is 1. The number of primary amides is 1. The van der Waals surface area contributed by atoms with Crippen molar-refractivity contribution in [2.45, 2.75) is 6.92 Å². The van der Waals surface area contributed by atoms with Crippen molar-refractivity contribution in [3.8, 4) is 0 Å². The molecule has 0 atom stereocenters. The van der Waals surface area contributed by atoms with Gasteiger partial charge in [-0.1, -0.05) is 0 Å². The first-order valence-corrected chi connectivity index (χ1v) is 5.16. The highest BCUT2D eigenvalue weighted by Gasteiger charge is 2.13. The predicted molar refractivity (Wildman–Crippen MR) is 56.9 cm³/mol. The molecule has 2 aromatic rings. The fraction of sp³-hybridized carbons (Fsp3) is 0.125. The topological polar surface area (TPSA) is 62.8 Å². The molecule has 0 aromatic carbocycles. The van der Waals surface area contributed by atoms with E-state index < -0.39 is 6.03 Å². The number of H-pyrrole nitrogens is 1. The first-order chi connectivity index (χ1) is 6.59. The highest BCUT2D eigenvalue weighted by molar-refractivity contribution is 7.73. The zero-order valence-electron chi connectivity index (χ0n) is 7.40. The van der Waals surface area contributed by atoms with Crippen molar-refractivity contribution < 1.29 is 9.36 Å². The predicted octanol–water partition coefficient (Wildman–Crippen LogP) is 1.48. The zero-order chi connectivity index (χ0) is 10.3. The van der Waals surface area contributed by atoms with E-state index in [4.69, 9.17) is 18.0 Å². The lowest BCUT2D eigenvalue weighted by molar-refractivity contribution is -0.575. The molecule has 0 bridgehead atoms. The molecule has 72 valence electrons. The number of rotatable bonds is 0. The maximum absolute atomic E-state index is 11.0. The van der Waals surface area contributed by atoms with Crippen LogP contribution in [0.4, 0.5) is 4.79 Å². The minimum Gasteiger partial charge on any atom is -0.334 e. The number of nitrogens with zero attached hydrogens (tertiary/aromatic N) is 1. The van der Waals surface area contributed by atoms with Gasteiger partial charge in [0.15, 0.2) is 3.95 Å². The number of thiazole rings is 1. The standard InChI is InChI=1S/C8H7N3OS2/c1-4-6-5(14-8(13)10-6)2-3-11(4)7(9)12/h2-3H,1H3,(H2-,9,10,12,13)/p+1. The summed E-state index contributed by atoms with van der Waals surface area (Å²) in [7, 11) is 0. The lowest BCUT2D eigenvalue weighted by Crippen LogP contribution is -2.49. The number of pyridine rings is 1. The quantitative estimate of drug-likeness (QED) is 0.528. The minimum atomic E-state index is -0.491. The lowest BCUT2D eigenvalue weighted by atomic mass is 10.3. The average molecular weight is 226 g/mol. The van der Waals surface area contributed by atoms with Crippen LogP contribution in [0.15, 0.2) is 12.3 Å². The highest BCUT2D eigenvalue weighted by atomic mass is 32.1. The van der Waals surface area contributed by atoms with Gasteiger partial charge in [-0.15, -0.1) is 11.3 Å². The maximum Gasteiger partial charge on any atom is 0.493 e. The average Bonchev–Trinajstić information content (AvgIpc) is 2.46. The smallest absolute Gasteiger partial charge is 0.334 e. The Balaban J connectivity index is 2.87. The molecule has 6 heteroatoms. The molecule has 0 saturated carbocycles. The van der Waals surface area contributed by atoms with Gasteiger partial charge in [-0.25, -0.2) is 0 Å². The number of nitrogens with one attached hydrogen (secondary N) is 1. The molecule has 0 spiro atoms. The molecular formula is C8H8N3OS2+. The molecule has 1 amide bonds. The van der Waals surface area contributed by atoms with Crippen molar-refractivity contribution >= 4 is 39.8 Å². The van der Waals surface area contributed by atoms with Crippen molar-refractivity contribution in [2.24, 2.45) is 5.73 Å². The van der Waals surface area contributed by atoms with E-state index >= 15 is 0 Å². The van der Waals surface area contributed by atoms with Crippen LogP contribution in [0.1, 0.15) is 5.69 Å². The van der Waals surface area contributed by atoms with Gasteiger partial charge in [0, 0.05) is 6.92 Å². The second-order valence-electron chi connectivity index (χ2n) is 2.86. The summed E-state index contributed by atoms with van der Waals surface area (Å²) in [5.41, 5.74) is 6.86. The Hall–Kier alpha value is -1.27. The summed E-state index contributed by atoms with van der Waals surface area (Å²) < 4.78 is 3.12. The Kier molecular flexibility index (Phi) is 2.09. The van der Waals surface area contributed by atoms with Gasteiger partial charge < -0.3 is 4.98 Å². The molecule has 2 heterocycles. The third-order valence-corrected chi connectivity index (χ3v) is 3.21. The second-order valence-corrected chi connectivity index (χ2v) is 4.58. The number of carbonyl (C=O) groups is 1. The van der Waals surface area contributed by atoms with E-state index in [0.29, 0.717) is 3.95 Å². The van der Waals surface area contributed by atoms with Crippen LogP contribution in [-0.2, 0) is 0 Å². The molecule has 0 saturated heterocycles. The molecule has 0 radical (unpaired) electrons. The Morgan fingerprint density at radius 1 is 1.71 bits per heavy atom. The monoisotopic (exact) mass is 226 g/mol. The van der Waals surface area contributed by atoms with E-state index in [1.165, 1.54) is 15.9 Å². The van der Waals surface area contributed by atoms with Crippen LogP contribution in [0.5, 0.6) is 0 Å². The van der Waals surface area contributed by atoms with E-state index in [-0.39, 0.29) is 0 Å². The first-order valence-electron chi connectivity index (χ1n) is 3.93. The number of aryl methyl sites for hydroxylation is 1. The van der Waals surface area contributed by atoms with E-state index in [0.717, 1.165) is 15.9 Å². The van der Waals surface area contributed by atoms with Gasteiger partial charge in [-0.05, 0) is 18.3 Å². The van der Waals surface area contributed by atoms with E-state index in [9.17, 15) is 4.79 Å². The number of hydrogen-bond donors (Lipinski definition) is 2. The van der Waals surface area contributed by atoms with Gasteiger partial charge in [0.1, 0.15) is 17.4 Å².